The van der Waals surface area contributed by atoms with Gasteiger partial charge in [-0.15, -0.1) is 0 Å². The number of fused-ring (bicyclic) bond motifs is 1. The number of benzene rings is 1. The van der Waals surface area contributed by atoms with E-state index in [1.807, 2.05) is 36.2 Å². The molecule has 0 radical (unpaired) electrons. The number of para-hydroxylation sites is 1. The van der Waals surface area contributed by atoms with Crippen molar-refractivity contribution in [2.75, 3.05) is 6.26 Å². The molecule has 1 heterocycles. The first-order valence-corrected chi connectivity index (χ1v) is 5.25. The highest BCUT2D eigenvalue weighted by molar-refractivity contribution is 7.97. The van der Waals surface area contributed by atoms with Crippen LogP contribution in [0, 0.1) is 0 Å². The molecule has 0 aliphatic heterocycles. The van der Waals surface area contributed by atoms with E-state index in [4.69, 9.17) is 4.42 Å². The summed E-state index contributed by atoms with van der Waals surface area (Å²) in [4.78, 5) is 0. The zero-order valence-corrected chi connectivity index (χ0v) is 7.73. The summed E-state index contributed by atoms with van der Waals surface area (Å²) in [6.07, 6.45) is 3.95. The highest BCUT2D eigenvalue weighted by atomic mass is 32.2. The molecule has 0 unspecified atom stereocenters. The zero-order valence-electron chi connectivity index (χ0n) is 6.91. The average Bonchev–Trinajstić information content (AvgIpc) is 2.50. The maximum absolute atomic E-state index is 5.39. The first-order chi connectivity index (χ1) is 5.92. The second kappa shape index (κ2) is 3.23. The summed E-state index contributed by atoms with van der Waals surface area (Å²) < 4.78 is 5.39. The first-order valence-electron chi connectivity index (χ1n) is 3.86. The van der Waals surface area contributed by atoms with Gasteiger partial charge in [-0.25, -0.2) is 0 Å². The highest BCUT2D eigenvalue weighted by Gasteiger charge is 2.02. The van der Waals surface area contributed by atoms with E-state index in [1.165, 1.54) is 10.9 Å². The summed E-state index contributed by atoms with van der Waals surface area (Å²) >= 11 is 1.81. The third-order valence-corrected chi connectivity index (χ3v) is 2.46. The topological polar surface area (TPSA) is 13.1 Å². The van der Waals surface area contributed by atoms with E-state index in [-0.39, 0.29) is 0 Å². The van der Waals surface area contributed by atoms with Crippen LogP contribution in [0.5, 0.6) is 0 Å². The van der Waals surface area contributed by atoms with E-state index in [9.17, 15) is 0 Å². The Balaban J connectivity index is 2.55. The van der Waals surface area contributed by atoms with Gasteiger partial charge in [0.05, 0.1) is 6.26 Å². The summed E-state index contributed by atoms with van der Waals surface area (Å²) in [6, 6.07) is 8.14. The molecule has 2 aromatic rings. The summed E-state index contributed by atoms with van der Waals surface area (Å²) in [5.74, 6) is 1.02. The van der Waals surface area contributed by atoms with Crippen molar-refractivity contribution in [1.82, 2.24) is 0 Å². The number of thioether (sulfide) groups is 1. The molecule has 1 nitrogen and oxygen atoms in total. The van der Waals surface area contributed by atoms with Gasteiger partial charge < -0.3 is 4.42 Å². The van der Waals surface area contributed by atoms with Crippen LogP contribution in [0.4, 0.5) is 0 Å². The fourth-order valence-electron chi connectivity index (χ4n) is 1.30. The second-order valence-electron chi connectivity index (χ2n) is 2.69. The van der Waals surface area contributed by atoms with E-state index in [0.29, 0.717) is 0 Å². The molecule has 12 heavy (non-hydrogen) atoms. The minimum atomic E-state index is 0.988. The molecule has 0 saturated heterocycles. The van der Waals surface area contributed by atoms with Crippen LogP contribution in [0.3, 0.4) is 0 Å². The molecule has 0 aliphatic rings. The molecular weight excluding hydrogens is 168 g/mol. The van der Waals surface area contributed by atoms with E-state index in [0.717, 1.165) is 11.3 Å². The van der Waals surface area contributed by atoms with Crippen molar-refractivity contribution in [3.05, 3.63) is 36.1 Å². The Morgan fingerprint density at radius 2 is 2.17 bits per heavy atom. The SMILES string of the molecule is CSCc1coc2ccccc12. The number of rotatable bonds is 2. The van der Waals surface area contributed by atoms with Crippen molar-refractivity contribution in [2.45, 2.75) is 5.75 Å². The van der Waals surface area contributed by atoms with Crippen LogP contribution in [0.2, 0.25) is 0 Å². The van der Waals surface area contributed by atoms with Crippen LogP contribution in [-0.4, -0.2) is 6.26 Å². The van der Waals surface area contributed by atoms with E-state index < -0.39 is 0 Å². The number of hydrogen-bond donors (Lipinski definition) is 0. The minimum Gasteiger partial charge on any atom is -0.464 e. The van der Waals surface area contributed by atoms with Crippen molar-refractivity contribution in [1.29, 1.82) is 0 Å². The molecule has 0 aliphatic carbocycles. The Kier molecular flexibility index (Phi) is 2.09. The lowest BCUT2D eigenvalue weighted by molar-refractivity contribution is 0.612. The van der Waals surface area contributed by atoms with Crippen LogP contribution in [-0.2, 0) is 5.75 Å². The van der Waals surface area contributed by atoms with Gasteiger partial charge in [0.25, 0.3) is 0 Å². The van der Waals surface area contributed by atoms with Crippen molar-refractivity contribution >= 4 is 22.7 Å². The molecule has 2 heteroatoms. The van der Waals surface area contributed by atoms with E-state index in [2.05, 4.69) is 12.3 Å². The van der Waals surface area contributed by atoms with Crippen LogP contribution >= 0.6 is 11.8 Å². The summed E-state index contributed by atoms with van der Waals surface area (Å²) in [5.41, 5.74) is 2.28. The lowest BCUT2D eigenvalue weighted by atomic mass is 10.2. The van der Waals surface area contributed by atoms with Crippen LogP contribution in [0.15, 0.2) is 34.9 Å². The molecule has 2 rings (SSSR count). The molecule has 1 aromatic heterocycles. The fourth-order valence-corrected chi connectivity index (χ4v) is 1.83. The van der Waals surface area contributed by atoms with Gasteiger partial charge in [0, 0.05) is 16.7 Å². The van der Waals surface area contributed by atoms with Gasteiger partial charge in [0.15, 0.2) is 0 Å². The van der Waals surface area contributed by atoms with Crippen molar-refractivity contribution in [2.24, 2.45) is 0 Å². The molecule has 0 bridgehead atoms. The minimum absolute atomic E-state index is 0.988. The fraction of sp³-hybridized carbons (Fsp3) is 0.200. The lowest BCUT2D eigenvalue weighted by Gasteiger charge is -1.91. The molecule has 0 saturated carbocycles. The van der Waals surface area contributed by atoms with Crippen LogP contribution in [0.25, 0.3) is 11.0 Å². The highest BCUT2D eigenvalue weighted by Crippen LogP contribution is 2.23. The molecular formula is C10H10OS. The number of furan rings is 1. The van der Waals surface area contributed by atoms with Gasteiger partial charge in [-0.05, 0) is 12.3 Å². The largest absolute Gasteiger partial charge is 0.464 e. The third kappa shape index (κ3) is 1.23. The number of hydrogen-bond acceptors (Lipinski definition) is 2. The molecule has 1 aromatic carbocycles. The Morgan fingerprint density at radius 1 is 1.33 bits per heavy atom. The molecule has 0 N–H and O–H groups in total. The Bertz CT molecular complexity index is 378. The monoisotopic (exact) mass is 178 g/mol. The third-order valence-electron chi connectivity index (χ3n) is 1.86. The van der Waals surface area contributed by atoms with Gasteiger partial charge >= 0.3 is 0 Å². The van der Waals surface area contributed by atoms with Gasteiger partial charge in [-0.2, -0.15) is 11.8 Å². The lowest BCUT2D eigenvalue weighted by Crippen LogP contribution is -1.74. The quantitative estimate of drug-likeness (QED) is 0.700. The Labute approximate surface area is 75.8 Å². The average molecular weight is 178 g/mol. The zero-order chi connectivity index (χ0) is 8.39. The first kappa shape index (κ1) is 7.74. The predicted octanol–water partition coefficient (Wildman–Crippen LogP) is 3.30. The summed E-state index contributed by atoms with van der Waals surface area (Å²) in [5, 5.41) is 1.24. The van der Waals surface area contributed by atoms with Gasteiger partial charge in [0.2, 0.25) is 0 Å². The molecule has 62 valence electrons. The smallest absolute Gasteiger partial charge is 0.134 e. The van der Waals surface area contributed by atoms with Gasteiger partial charge in [0.1, 0.15) is 5.58 Å². The van der Waals surface area contributed by atoms with E-state index >= 15 is 0 Å². The molecule has 0 amide bonds. The van der Waals surface area contributed by atoms with Gasteiger partial charge in [-0.3, -0.25) is 0 Å². The summed E-state index contributed by atoms with van der Waals surface area (Å²) in [7, 11) is 0. The maximum Gasteiger partial charge on any atom is 0.134 e. The Hall–Kier alpha value is -0.890. The van der Waals surface area contributed by atoms with Crippen molar-refractivity contribution in [3.8, 4) is 0 Å². The van der Waals surface area contributed by atoms with Crippen molar-refractivity contribution < 1.29 is 4.42 Å². The van der Waals surface area contributed by atoms with Gasteiger partial charge in [-0.1, -0.05) is 18.2 Å². The van der Waals surface area contributed by atoms with Crippen LogP contribution < -0.4 is 0 Å². The molecule has 0 fully saturated rings. The second-order valence-corrected chi connectivity index (χ2v) is 3.56. The van der Waals surface area contributed by atoms with Crippen LogP contribution in [0.1, 0.15) is 5.56 Å². The molecule has 0 atom stereocenters. The van der Waals surface area contributed by atoms with E-state index in [1.54, 1.807) is 0 Å². The summed E-state index contributed by atoms with van der Waals surface area (Å²) in [6.45, 7) is 0. The Morgan fingerprint density at radius 3 is 3.00 bits per heavy atom. The van der Waals surface area contributed by atoms with Crippen molar-refractivity contribution in [3.63, 3.8) is 0 Å². The maximum atomic E-state index is 5.39. The predicted molar refractivity (Wildman–Crippen MR) is 53.4 cm³/mol. The normalized spacial score (nSPS) is 10.8. The molecule has 0 spiro atoms. The standard InChI is InChI=1S/C10H10OS/c1-12-7-8-6-11-10-5-3-2-4-9(8)10/h2-6H,7H2,1H3.